The maximum absolute atomic E-state index is 13.7. The molecule has 2 aromatic carbocycles. The van der Waals surface area contributed by atoms with Crippen molar-refractivity contribution >= 4 is 40.8 Å². The van der Waals surface area contributed by atoms with E-state index in [-0.39, 0.29) is 24.3 Å². The van der Waals surface area contributed by atoms with E-state index < -0.39 is 6.04 Å². The third-order valence-electron chi connectivity index (χ3n) is 6.95. The van der Waals surface area contributed by atoms with E-state index in [9.17, 15) is 14.4 Å². The van der Waals surface area contributed by atoms with Crippen LogP contribution in [0.4, 0.5) is 11.5 Å². The molecule has 5 rings (SSSR count). The van der Waals surface area contributed by atoms with Crippen LogP contribution >= 0.6 is 11.6 Å². The Labute approximate surface area is 232 Å². The van der Waals surface area contributed by atoms with Crippen LogP contribution in [-0.2, 0) is 16.1 Å². The number of amides is 3. The first kappa shape index (κ1) is 26.8. The van der Waals surface area contributed by atoms with Gasteiger partial charge in [0.25, 0.3) is 11.8 Å². The molecule has 9 nitrogen and oxygen atoms in total. The van der Waals surface area contributed by atoms with Crippen molar-refractivity contribution in [2.24, 2.45) is 0 Å². The van der Waals surface area contributed by atoms with Crippen LogP contribution in [0.5, 0.6) is 0 Å². The van der Waals surface area contributed by atoms with E-state index in [0.717, 1.165) is 24.2 Å². The molecule has 2 aliphatic heterocycles. The number of halogens is 1. The second-order valence-electron chi connectivity index (χ2n) is 9.74. The van der Waals surface area contributed by atoms with Crippen LogP contribution in [0, 0.1) is 6.92 Å². The molecular formula is C29H30ClN5O4. The van der Waals surface area contributed by atoms with Crippen LogP contribution in [0.3, 0.4) is 0 Å². The van der Waals surface area contributed by atoms with Gasteiger partial charge in [-0.3, -0.25) is 19.3 Å². The minimum absolute atomic E-state index is 0.212. The fourth-order valence-electron chi connectivity index (χ4n) is 4.75. The van der Waals surface area contributed by atoms with Gasteiger partial charge in [0.2, 0.25) is 5.91 Å². The van der Waals surface area contributed by atoms with Crippen molar-refractivity contribution in [3.8, 4) is 0 Å². The number of benzene rings is 2. The number of carbonyl (C=O) groups is 3. The van der Waals surface area contributed by atoms with Gasteiger partial charge in [0.15, 0.2) is 0 Å². The van der Waals surface area contributed by atoms with Gasteiger partial charge < -0.3 is 20.3 Å². The number of anilines is 2. The lowest BCUT2D eigenvalue weighted by Gasteiger charge is -2.32. The summed E-state index contributed by atoms with van der Waals surface area (Å²) in [5.74, 6) is -0.312. The molecule has 1 aromatic heterocycles. The van der Waals surface area contributed by atoms with Gasteiger partial charge in [-0.15, -0.1) is 0 Å². The zero-order valence-corrected chi connectivity index (χ0v) is 22.4. The molecular weight excluding hydrogens is 518 g/mol. The summed E-state index contributed by atoms with van der Waals surface area (Å²) in [4.78, 5) is 47.9. The highest BCUT2D eigenvalue weighted by molar-refractivity contribution is 6.31. The molecule has 3 amide bonds. The maximum atomic E-state index is 13.7. The molecule has 0 spiro atoms. The molecule has 1 fully saturated rings. The lowest BCUT2D eigenvalue weighted by Crippen LogP contribution is -2.47. The summed E-state index contributed by atoms with van der Waals surface area (Å²) in [5, 5.41) is 6.14. The van der Waals surface area contributed by atoms with E-state index in [1.165, 1.54) is 0 Å². The number of hydrogen-bond acceptors (Lipinski definition) is 6. The molecule has 0 aliphatic carbocycles. The van der Waals surface area contributed by atoms with Crippen molar-refractivity contribution in [2.45, 2.75) is 25.9 Å². The highest BCUT2D eigenvalue weighted by atomic mass is 35.5. The number of fused-ring (bicyclic) bond motifs is 1. The first-order valence-corrected chi connectivity index (χ1v) is 13.3. The van der Waals surface area contributed by atoms with Crippen LogP contribution in [0.2, 0.25) is 5.02 Å². The summed E-state index contributed by atoms with van der Waals surface area (Å²) in [6.45, 7) is 5.70. The van der Waals surface area contributed by atoms with Gasteiger partial charge in [0, 0.05) is 43.0 Å². The Kier molecular flexibility index (Phi) is 8.21. The predicted molar refractivity (Wildman–Crippen MR) is 149 cm³/mol. The molecule has 1 unspecified atom stereocenters. The SMILES string of the molecule is Cc1ccc(NC(=O)c2ccc(CN3C(=O)c4ccc(Cl)cc4NC(=O)C3CCN3CCOCC3)cc2)nc1. The van der Waals surface area contributed by atoms with Gasteiger partial charge in [-0.25, -0.2) is 4.98 Å². The highest BCUT2D eigenvalue weighted by Crippen LogP contribution is 2.29. The van der Waals surface area contributed by atoms with Gasteiger partial charge in [-0.05, 0) is 60.9 Å². The molecule has 10 heteroatoms. The Morgan fingerprint density at radius 3 is 2.59 bits per heavy atom. The molecule has 0 saturated carbocycles. The summed E-state index contributed by atoms with van der Waals surface area (Å²) in [6, 6.07) is 14.9. The number of aromatic nitrogens is 1. The van der Waals surface area contributed by atoms with Crippen molar-refractivity contribution < 1.29 is 19.1 Å². The summed E-state index contributed by atoms with van der Waals surface area (Å²) < 4.78 is 5.44. The van der Waals surface area contributed by atoms with Crippen LogP contribution in [0.25, 0.3) is 0 Å². The molecule has 1 atom stereocenters. The minimum atomic E-state index is -0.679. The third kappa shape index (κ3) is 6.44. The Balaban J connectivity index is 1.35. The molecule has 202 valence electrons. The fourth-order valence-corrected chi connectivity index (χ4v) is 4.92. The van der Waals surface area contributed by atoms with Gasteiger partial charge in [-0.1, -0.05) is 29.8 Å². The van der Waals surface area contributed by atoms with Gasteiger partial charge in [0.05, 0.1) is 24.5 Å². The highest BCUT2D eigenvalue weighted by Gasteiger charge is 2.35. The molecule has 0 bridgehead atoms. The molecule has 2 N–H and O–H groups in total. The number of pyridine rings is 1. The van der Waals surface area contributed by atoms with E-state index in [1.54, 1.807) is 59.6 Å². The van der Waals surface area contributed by atoms with E-state index in [4.69, 9.17) is 16.3 Å². The predicted octanol–water partition coefficient (Wildman–Crippen LogP) is 3.98. The maximum Gasteiger partial charge on any atom is 0.256 e. The average Bonchev–Trinajstić information content (AvgIpc) is 3.03. The third-order valence-corrected chi connectivity index (χ3v) is 7.19. The number of carbonyl (C=O) groups excluding carboxylic acids is 3. The average molecular weight is 548 g/mol. The lowest BCUT2D eigenvalue weighted by atomic mass is 10.1. The Morgan fingerprint density at radius 2 is 1.87 bits per heavy atom. The van der Waals surface area contributed by atoms with Gasteiger partial charge in [-0.2, -0.15) is 0 Å². The van der Waals surface area contributed by atoms with E-state index in [0.29, 0.717) is 53.8 Å². The quantitative estimate of drug-likeness (QED) is 0.464. The summed E-state index contributed by atoms with van der Waals surface area (Å²) in [6.07, 6.45) is 2.16. The standard InChI is InChI=1S/C29H30ClN5O4/c1-19-2-9-26(31-17-19)33-27(36)21-5-3-20(4-6-21)18-35-25(10-11-34-12-14-39-15-13-34)28(37)32-24-16-22(30)7-8-23(24)29(35)38/h2-9,16-17,25H,10-15,18H2,1H3,(H,32,37)(H,31,33,36). The number of rotatable bonds is 7. The van der Waals surface area contributed by atoms with Crippen LogP contribution in [0.15, 0.2) is 60.8 Å². The summed E-state index contributed by atoms with van der Waals surface area (Å²) >= 11 is 6.16. The molecule has 3 heterocycles. The topological polar surface area (TPSA) is 104 Å². The monoisotopic (exact) mass is 547 g/mol. The van der Waals surface area contributed by atoms with E-state index >= 15 is 0 Å². The normalized spacial score (nSPS) is 17.8. The number of ether oxygens (including phenoxy) is 1. The van der Waals surface area contributed by atoms with Crippen molar-refractivity contribution in [3.05, 3.63) is 88.1 Å². The van der Waals surface area contributed by atoms with Crippen molar-refractivity contribution in [1.29, 1.82) is 0 Å². The molecule has 3 aromatic rings. The number of nitrogens with one attached hydrogen (secondary N) is 2. The smallest absolute Gasteiger partial charge is 0.256 e. The van der Waals surface area contributed by atoms with Gasteiger partial charge >= 0.3 is 0 Å². The Bertz CT molecular complexity index is 1360. The minimum Gasteiger partial charge on any atom is -0.379 e. The fraction of sp³-hybridized carbons (Fsp3) is 0.310. The van der Waals surface area contributed by atoms with Crippen molar-refractivity contribution in [3.63, 3.8) is 0 Å². The lowest BCUT2D eigenvalue weighted by molar-refractivity contribution is -0.121. The molecule has 1 saturated heterocycles. The largest absolute Gasteiger partial charge is 0.379 e. The van der Waals surface area contributed by atoms with E-state index in [2.05, 4.69) is 20.5 Å². The second kappa shape index (κ2) is 11.9. The summed E-state index contributed by atoms with van der Waals surface area (Å²) in [7, 11) is 0. The molecule has 39 heavy (non-hydrogen) atoms. The zero-order chi connectivity index (χ0) is 27.4. The zero-order valence-electron chi connectivity index (χ0n) is 21.7. The summed E-state index contributed by atoms with van der Waals surface area (Å²) in [5.41, 5.74) is 3.07. The number of aryl methyl sites for hydroxylation is 1. The van der Waals surface area contributed by atoms with E-state index in [1.807, 2.05) is 13.0 Å². The van der Waals surface area contributed by atoms with Crippen molar-refractivity contribution in [2.75, 3.05) is 43.5 Å². The van der Waals surface area contributed by atoms with Crippen molar-refractivity contribution in [1.82, 2.24) is 14.8 Å². The molecule has 0 radical (unpaired) electrons. The van der Waals surface area contributed by atoms with Gasteiger partial charge in [0.1, 0.15) is 11.9 Å². The number of nitrogens with zero attached hydrogens (tertiary/aromatic N) is 3. The molecule has 2 aliphatic rings. The Morgan fingerprint density at radius 1 is 1.10 bits per heavy atom. The first-order chi connectivity index (χ1) is 18.9. The van der Waals surface area contributed by atoms with Crippen LogP contribution in [0.1, 0.15) is 38.3 Å². The number of hydrogen-bond donors (Lipinski definition) is 2. The Hall–Kier alpha value is -3.79. The number of morpholine rings is 1. The second-order valence-corrected chi connectivity index (χ2v) is 10.2. The first-order valence-electron chi connectivity index (χ1n) is 12.9. The van der Waals surface area contributed by atoms with Crippen LogP contribution in [-0.4, -0.2) is 71.4 Å². The van der Waals surface area contributed by atoms with Crippen LogP contribution < -0.4 is 10.6 Å².